The number of nitro groups is 1. The summed E-state index contributed by atoms with van der Waals surface area (Å²) in [6.45, 7) is 4.84. The third-order valence-corrected chi connectivity index (χ3v) is 4.64. The standard InChI is InChI=1S/C20H24N4O3/c25-20(21-18-8-4-9-19(14-18)24(26)27)16-23-11-5-10-22(12-13-23)15-17-6-2-1-3-7-17/h1-4,6-9,14H,5,10-13,15-16H2,(H,21,25). The third-order valence-electron chi connectivity index (χ3n) is 4.64. The van der Waals surface area contributed by atoms with Crippen LogP contribution in [0.25, 0.3) is 0 Å². The highest BCUT2D eigenvalue weighted by molar-refractivity contribution is 5.92. The van der Waals surface area contributed by atoms with Crippen molar-refractivity contribution in [3.8, 4) is 0 Å². The average Bonchev–Trinajstić information content (AvgIpc) is 2.88. The molecule has 27 heavy (non-hydrogen) atoms. The molecule has 0 aromatic heterocycles. The zero-order valence-electron chi connectivity index (χ0n) is 15.2. The molecule has 1 amide bonds. The number of non-ortho nitro benzene ring substituents is 1. The van der Waals surface area contributed by atoms with E-state index in [4.69, 9.17) is 0 Å². The number of benzene rings is 2. The Morgan fingerprint density at radius 2 is 1.74 bits per heavy atom. The summed E-state index contributed by atoms with van der Waals surface area (Å²) in [6, 6.07) is 16.4. The van der Waals surface area contributed by atoms with Crippen LogP contribution in [0.4, 0.5) is 11.4 Å². The molecule has 1 heterocycles. The van der Waals surface area contributed by atoms with E-state index in [0.29, 0.717) is 12.2 Å². The maximum Gasteiger partial charge on any atom is 0.271 e. The second-order valence-corrected chi connectivity index (χ2v) is 6.75. The van der Waals surface area contributed by atoms with Gasteiger partial charge in [-0.25, -0.2) is 0 Å². The molecule has 0 bridgehead atoms. The van der Waals surface area contributed by atoms with Gasteiger partial charge in [0.05, 0.1) is 11.5 Å². The smallest absolute Gasteiger partial charge is 0.271 e. The SMILES string of the molecule is O=C(CN1CCCN(Cc2ccccc2)CC1)Nc1cccc([N+](=O)[O-])c1. The first kappa shape index (κ1) is 19.0. The highest BCUT2D eigenvalue weighted by Crippen LogP contribution is 2.17. The first-order valence-electron chi connectivity index (χ1n) is 9.13. The molecule has 1 aliphatic rings. The summed E-state index contributed by atoms with van der Waals surface area (Å²) in [4.78, 5) is 27.2. The molecular formula is C20H24N4O3. The maximum absolute atomic E-state index is 12.3. The topological polar surface area (TPSA) is 78.7 Å². The first-order chi connectivity index (χ1) is 13.1. The average molecular weight is 368 g/mol. The zero-order valence-corrected chi connectivity index (χ0v) is 15.2. The van der Waals surface area contributed by atoms with Crippen molar-refractivity contribution in [2.75, 3.05) is 38.0 Å². The van der Waals surface area contributed by atoms with Gasteiger partial charge in [0.15, 0.2) is 0 Å². The number of carbonyl (C=O) groups is 1. The Balaban J connectivity index is 1.49. The van der Waals surface area contributed by atoms with Crippen LogP contribution in [0.3, 0.4) is 0 Å². The minimum absolute atomic E-state index is 0.0286. The summed E-state index contributed by atoms with van der Waals surface area (Å²) >= 11 is 0. The van der Waals surface area contributed by atoms with Gasteiger partial charge in [-0.1, -0.05) is 36.4 Å². The van der Waals surface area contributed by atoms with E-state index in [1.807, 2.05) is 6.07 Å². The zero-order chi connectivity index (χ0) is 19.1. The van der Waals surface area contributed by atoms with Gasteiger partial charge >= 0.3 is 0 Å². The molecule has 142 valence electrons. The molecule has 0 spiro atoms. The number of amides is 1. The van der Waals surface area contributed by atoms with Crippen molar-refractivity contribution in [2.24, 2.45) is 0 Å². The number of nitrogens with one attached hydrogen (secondary N) is 1. The lowest BCUT2D eigenvalue weighted by molar-refractivity contribution is -0.384. The molecule has 1 fully saturated rings. The van der Waals surface area contributed by atoms with Crippen molar-refractivity contribution in [3.63, 3.8) is 0 Å². The second kappa shape index (κ2) is 9.25. The van der Waals surface area contributed by atoms with Gasteiger partial charge in [-0.2, -0.15) is 0 Å². The summed E-state index contributed by atoms with van der Waals surface area (Å²) in [5.41, 5.74) is 1.73. The Kier molecular flexibility index (Phi) is 6.51. The summed E-state index contributed by atoms with van der Waals surface area (Å²) < 4.78 is 0. The van der Waals surface area contributed by atoms with Crippen molar-refractivity contribution in [1.82, 2.24) is 9.80 Å². The van der Waals surface area contributed by atoms with Gasteiger partial charge in [0.2, 0.25) is 5.91 Å². The van der Waals surface area contributed by atoms with Gasteiger partial charge < -0.3 is 5.32 Å². The lowest BCUT2D eigenvalue weighted by atomic mass is 10.2. The van der Waals surface area contributed by atoms with Crippen molar-refractivity contribution in [1.29, 1.82) is 0 Å². The summed E-state index contributed by atoms with van der Waals surface area (Å²) in [7, 11) is 0. The van der Waals surface area contributed by atoms with E-state index >= 15 is 0 Å². The minimum atomic E-state index is -0.466. The van der Waals surface area contributed by atoms with Crippen LogP contribution in [0.5, 0.6) is 0 Å². The summed E-state index contributed by atoms with van der Waals surface area (Å²) in [5, 5.41) is 13.6. The van der Waals surface area contributed by atoms with E-state index in [1.165, 1.54) is 17.7 Å². The van der Waals surface area contributed by atoms with Crippen LogP contribution in [0.1, 0.15) is 12.0 Å². The van der Waals surface area contributed by atoms with Crippen molar-refractivity contribution in [3.05, 3.63) is 70.3 Å². The number of nitro benzene ring substituents is 1. The van der Waals surface area contributed by atoms with E-state index in [9.17, 15) is 14.9 Å². The molecule has 1 aliphatic heterocycles. The fraction of sp³-hybridized carbons (Fsp3) is 0.350. The largest absolute Gasteiger partial charge is 0.325 e. The van der Waals surface area contributed by atoms with Crippen LogP contribution in [0.2, 0.25) is 0 Å². The number of hydrogen-bond donors (Lipinski definition) is 1. The monoisotopic (exact) mass is 368 g/mol. The van der Waals surface area contributed by atoms with Gasteiger partial charge in [0.25, 0.3) is 5.69 Å². The highest BCUT2D eigenvalue weighted by Gasteiger charge is 2.17. The molecule has 0 unspecified atom stereocenters. The van der Waals surface area contributed by atoms with Crippen LogP contribution in [0, 0.1) is 10.1 Å². The Hall–Kier alpha value is -2.77. The third kappa shape index (κ3) is 5.87. The minimum Gasteiger partial charge on any atom is -0.325 e. The molecule has 0 radical (unpaired) electrons. The van der Waals surface area contributed by atoms with Crippen LogP contribution in [-0.2, 0) is 11.3 Å². The predicted octanol–water partition coefficient (Wildman–Crippen LogP) is 2.74. The van der Waals surface area contributed by atoms with Gasteiger partial charge in [-0.3, -0.25) is 24.7 Å². The summed E-state index contributed by atoms with van der Waals surface area (Å²) in [6.07, 6.45) is 1.01. The van der Waals surface area contributed by atoms with Crippen LogP contribution < -0.4 is 5.32 Å². The number of nitrogens with zero attached hydrogens (tertiary/aromatic N) is 3. The first-order valence-corrected chi connectivity index (χ1v) is 9.13. The van der Waals surface area contributed by atoms with Crippen LogP contribution >= 0.6 is 0 Å². The Bertz CT molecular complexity index is 782. The Morgan fingerprint density at radius 3 is 2.52 bits per heavy atom. The van der Waals surface area contributed by atoms with Crippen molar-refractivity contribution < 1.29 is 9.72 Å². The molecule has 0 saturated carbocycles. The van der Waals surface area contributed by atoms with E-state index in [0.717, 1.165) is 39.1 Å². The fourth-order valence-electron chi connectivity index (χ4n) is 3.28. The van der Waals surface area contributed by atoms with Crippen molar-refractivity contribution >= 4 is 17.3 Å². The van der Waals surface area contributed by atoms with Gasteiger partial charge in [-0.05, 0) is 31.1 Å². The van der Waals surface area contributed by atoms with Gasteiger partial charge in [-0.15, -0.1) is 0 Å². The van der Waals surface area contributed by atoms with E-state index < -0.39 is 4.92 Å². The number of hydrogen-bond acceptors (Lipinski definition) is 5. The molecule has 1 saturated heterocycles. The molecule has 7 heteroatoms. The molecule has 3 rings (SSSR count). The summed E-state index contributed by atoms with van der Waals surface area (Å²) in [5.74, 6) is -0.146. The molecule has 1 N–H and O–H groups in total. The molecule has 0 atom stereocenters. The quantitative estimate of drug-likeness (QED) is 0.626. The van der Waals surface area contributed by atoms with Crippen molar-refractivity contribution in [2.45, 2.75) is 13.0 Å². The molecular weight excluding hydrogens is 344 g/mol. The number of rotatable bonds is 6. The second-order valence-electron chi connectivity index (χ2n) is 6.75. The lowest BCUT2D eigenvalue weighted by Gasteiger charge is -2.21. The van der Waals surface area contributed by atoms with Gasteiger partial charge in [0.1, 0.15) is 0 Å². The number of carbonyl (C=O) groups excluding carboxylic acids is 1. The number of anilines is 1. The van der Waals surface area contributed by atoms with Gasteiger partial charge in [0, 0.05) is 37.5 Å². The highest BCUT2D eigenvalue weighted by atomic mass is 16.6. The molecule has 7 nitrogen and oxygen atoms in total. The van der Waals surface area contributed by atoms with E-state index in [-0.39, 0.29) is 11.6 Å². The van der Waals surface area contributed by atoms with E-state index in [1.54, 1.807) is 12.1 Å². The predicted molar refractivity (Wildman–Crippen MR) is 105 cm³/mol. The molecule has 0 aliphatic carbocycles. The fourth-order valence-corrected chi connectivity index (χ4v) is 3.28. The molecule has 2 aromatic carbocycles. The Morgan fingerprint density at radius 1 is 1.00 bits per heavy atom. The van der Waals surface area contributed by atoms with Crippen LogP contribution in [0.15, 0.2) is 54.6 Å². The lowest BCUT2D eigenvalue weighted by Crippen LogP contribution is -2.36. The molecule has 2 aromatic rings. The van der Waals surface area contributed by atoms with Crippen LogP contribution in [-0.4, -0.2) is 53.4 Å². The maximum atomic E-state index is 12.3. The Labute approximate surface area is 158 Å². The van der Waals surface area contributed by atoms with E-state index in [2.05, 4.69) is 39.4 Å². The normalized spacial score (nSPS) is 15.9.